The smallest absolute Gasteiger partial charge is 0.253 e. The van der Waals surface area contributed by atoms with Gasteiger partial charge in [0.25, 0.3) is 10.0 Å². The average molecular weight is 394 g/mol. The summed E-state index contributed by atoms with van der Waals surface area (Å²) in [4.78, 5) is 13.4. The van der Waals surface area contributed by atoms with Gasteiger partial charge in [-0.2, -0.15) is 9.19 Å². The Bertz CT molecular complexity index is 1300. The molecule has 2 N–H and O–H groups in total. The number of fused-ring (bicyclic) bond motifs is 1. The summed E-state index contributed by atoms with van der Waals surface area (Å²) >= 11 is 0. The third-order valence-corrected chi connectivity index (χ3v) is 5.98. The van der Waals surface area contributed by atoms with Gasteiger partial charge in [0.05, 0.1) is 28.3 Å². The number of rotatable bonds is 4. The van der Waals surface area contributed by atoms with Gasteiger partial charge in [0.15, 0.2) is 0 Å². The Labute approximate surface area is 162 Å². The molecule has 0 fully saturated rings. The molecule has 0 aromatic carbocycles. The zero-order valence-electron chi connectivity index (χ0n) is 15.4. The predicted octanol–water partition coefficient (Wildman–Crippen LogP) is 2.64. The summed E-state index contributed by atoms with van der Waals surface area (Å²) in [6.45, 7) is 3.56. The van der Waals surface area contributed by atoms with Crippen LogP contribution < -0.4 is 5.73 Å². The summed E-state index contributed by atoms with van der Waals surface area (Å²) in [5.74, 6) is -0.0350. The van der Waals surface area contributed by atoms with Crippen LogP contribution in [0, 0.1) is 6.92 Å². The molecule has 0 aliphatic carbocycles. The summed E-state index contributed by atoms with van der Waals surface area (Å²) < 4.78 is 24.9. The summed E-state index contributed by atoms with van der Waals surface area (Å²) in [6.07, 6.45) is 4.90. The Morgan fingerprint density at radius 1 is 1.07 bits per heavy atom. The summed E-state index contributed by atoms with van der Waals surface area (Å²) in [5.41, 5.74) is 11.6. The Morgan fingerprint density at radius 2 is 1.89 bits per heavy atom. The van der Waals surface area contributed by atoms with Crippen LogP contribution in [-0.2, 0) is 10.0 Å². The highest BCUT2D eigenvalue weighted by molar-refractivity contribution is 7.89. The van der Waals surface area contributed by atoms with Gasteiger partial charge in [0, 0.05) is 24.2 Å². The molecule has 0 saturated carbocycles. The molecule has 0 atom stereocenters. The number of aryl methyl sites for hydroxylation is 1. The third kappa shape index (κ3) is 3.09. The lowest BCUT2D eigenvalue weighted by molar-refractivity contribution is 0.581. The van der Waals surface area contributed by atoms with E-state index in [4.69, 9.17) is 5.73 Å². The van der Waals surface area contributed by atoms with Gasteiger partial charge in [-0.3, -0.25) is 4.98 Å². The number of anilines is 1. The fourth-order valence-corrected chi connectivity index (χ4v) is 3.60. The van der Waals surface area contributed by atoms with E-state index in [0.717, 1.165) is 20.9 Å². The fourth-order valence-electron chi connectivity index (χ4n) is 2.88. The minimum absolute atomic E-state index is 0.0350. The summed E-state index contributed by atoms with van der Waals surface area (Å²) in [5, 5.41) is 4.13. The molecule has 9 heteroatoms. The standard InChI is InChI=1S/C19H18N6O2S/c1-3-28(26,27)25-9-7-16(24-25)15-4-5-17-19(23-15)14(20)10-18(22-17)13-11-21-8-6-12(13)2/h4-11H,3H2,1-2H3,(H2,20,22). The van der Waals surface area contributed by atoms with Crippen molar-refractivity contribution in [1.29, 1.82) is 0 Å². The summed E-state index contributed by atoms with van der Waals surface area (Å²) in [7, 11) is -3.44. The minimum atomic E-state index is -3.44. The maximum absolute atomic E-state index is 12.0. The molecule has 0 radical (unpaired) electrons. The lowest BCUT2D eigenvalue weighted by Gasteiger charge is -2.09. The molecule has 4 aromatic heterocycles. The van der Waals surface area contributed by atoms with E-state index in [1.807, 2.05) is 13.0 Å². The predicted molar refractivity (Wildman–Crippen MR) is 108 cm³/mol. The van der Waals surface area contributed by atoms with Crippen molar-refractivity contribution in [1.82, 2.24) is 24.1 Å². The molecule has 28 heavy (non-hydrogen) atoms. The van der Waals surface area contributed by atoms with E-state index in [0.29, 0.717) is 28.1 Å². The van der Waals surface area contributed by atoms with Gasteiger partial charge in [-0.1, -0.05) is 0 Å². The molecule has 0 amide bonds. The molecule has 4 heterocycles. The number of pyridine rings is 3. The second kappa shape index (κ2) is 6.68. The topological polar surface area (TPSA) is 117 Å². The van der Waals surface area contributed by atoms with E-state index in [1.165, 1.54) is 6.20 Å². The molecule has 0 aliphatic heterocycles. The fraction of sp³-hybridized carbons (Fsp3) is 0.158. The van der Waals surface area contributed by atoms with Gasteiger partial charge >= 0.3 is 0 Å². The molecule has 0 aliphatic rings. The van der Waals surface area contributed by atoms with Crippen LogP contribution in [0.2, 0.25) is 0 Å². The molecule has 0 saturated heterocycles. The maximum Gasteiger partial charge on any atom is 0.253 e. The van der Waals surface area contributed by atoms with Crippen molar-refractivity contribution in [3.05, 3.63) is 54.5 Å². The molecule has 8 nitrogen and oxygen atoms in total. The van der Waals surface area contributed by atoms with Gasteiger partial charge < -0.3 is 5.73 Å². The van der Waals surface area contributed by atoms with Crippen LogP contribution in [0.5, 0.6) is 0 Å². The van der Waals surface area contributed by atoms with E-state index < -0.39 is 10.0 Å². The molecular weight excluding hydrogens is 376 g/mol. The van der Waals surface area contributed by atoms with E-state index in [2.05, 4.69) is 20.1 Å². The number of hydrogen-bond donors (Lipinski definition) is 1. The van der Waals surface area contributed by atoms with Crippen LogP contribution in [-0.4, -0.2) is 38.3 Å². The van der Waals surface area contributed by atoms with Crippen LogP contribution in [0.1, 0.15) is 12.5 Å². The second-order valence-corrected chi connectivity index (χ2v) is 8.44. The van der Waals surface area contributed by atoms with Gasteiger partial charge in [0.1, 0.15) is 11.2 Å². The van der Waals surface area contributed by atoms with Crippen LogP contribution in [0.25, 0.3) is 33.7 Å². The molecule has 4 rings (SSSR count). The zero-order chi connectivity index (χ0) is 19.9. The lowest BCUT2D eigenvalue weighted by Crippen LogP contribution is -2.15. The van der Waals surface area contributed by atoms with Gasteiger partial charge in [-0.15, -0.1) is 0 Å². The molecular formula is C19H18N6O2S. The number of nitrogen functional groups attached to an aromatic ring is 1. The third-order valence-electron chi connectivity index (χ3n) is 4.47. The van der Waals surface area contributed by atoms with Crippen LogP contribution in [0.3, 0.4) is 0 Å². The second-order valence-electron chi connectivity index (χ2n) is 6.33. The Morgan fingerprint density at radius 3 is 2.64 bits per heavy atom. The van der Waals surface area contributed by atoms with Gasteiger partial charge in [-0.05, 0) is 49.7 Å². The van der Waals surface area contributed by atoms with Crippen molar-refractivity contribution in [3.8, 4) is 22.6 Å². The highest BCUT2D eigenvalue weighted by atomic mass is 32.2. The Hall–Kier alpha value is -3.33. The first-order chi connectivity index (χ1) is 13.4. The van der Waals surface area contributed by atoms with Crippen molar-refractivity contribution in [2.24, 2.45) is 0 Å². The molecule has 0 unspecified atom stereocenters. The van der Waals surface area contributed by atoms with Crippen molar-refractivity contribution in [3.63, 3.8) is 0 Å². The first kappa shape index (κ1) is 18.1. The average Bonchev–Trinajstić information content (AvgIpc) is 3.19. The van der Waals surface area contributed by atoms with Crippen LogP contribution in [0.15, 0.2) is 48.9 Å². The molecule has 142 valence electrons. The minimum Gasteiger partial charge on any atom is -0.397 e. The number of nitrogens with two attached hydrogens (primary N) is 1. The number of nitrogens with zero attached hydrogens (tertiary/aromatic N) is 5. The molecule has 0 bridgehead atoms. The first-order valence-corrected chi connectivity index (χ1v) is 10.3. The maximum atomic E-state index is 12.0. The SMILES string of the molecule is CCS(=O)(=O)n1ccc(-c2ccc3nc(-c4cnccc4C)cc(N)c3n2)n1. The van der Waals surface area contributed by atoms with Gasteiger partial charge in [-0.25, -0.2) is 18.4 Å². The van der Waals surface area contributed by atoms with E-state index >= 15 is 0 Å². The largest absolute Gasteiger partial charge is 0.397 e. The van der Waals surface area contributed by atoms with Crippen molar-refractivity contribution >= 4 is 26.7 Å². The van der Waals surface area contributed by atoms with Crippen LogP contribution in [0.4, 0.5) is 5.69 Å². The van der Waals surface area contributed by atoms with Gasteiger partial charge in [0.2, 0.25) is 0 Å². The normalized spacial score (nSPS) is 11.8. The van der Waals surface area contributed by atoms with E-state index in [1.54, 1.807) is 43.6 Å². The Balaban J connectivity index is 1.80. The first-order valence-electron chi connectivity index (χ1n) is 8.66. The number of hydrogen-bond acceptors (Lipinski definition) is 7. The van der Waals surface area contributed by atoms with Crippen molar-refractivity contribution in [2.75, 3.05) is 11.5 Å². The summed E-state index contributed by atoms with van der Waals surface area (Å²) in [6, 6.07) is 8.84. The van der Waals surface area contributed by atoms with E-state index in [-0.39, 0.29) is 5.75 Å². The Kier molecular flexibility index (Phi) is 4.31. The van der Waals surface area contributed by atoms with E-state index in [9.17, 15) is 8.42 Å². The highest BCUT2D eigenvalue weighted by Crippen LogP contribution is 2.28. The molecule has 0 spiro atoms. The monoisotopic (exact) mass is 394 g/mol. The van der Waals surface area contributed by atoms with Crippen LogP contribution >= 0.6 is 0 Å². The molecule has 4 aromatic rings. The lowest BCUT2D eigenvalue weighted by atomic mass is 10.1. The van der Waals surface area contributed by atoms with Crippen molar-refractivity contribution < 1.29 is 8.42 Å². The zero-order valence-corrected chi connectivity index (χ0v) is 16.2. The van der Waals surface area contributed by atoms with Crippen molar-refractivity contribution in [2.45, 2.75) is 13.8 Å². The number of aromatic nitrogens is 5. The highest BCUT2D eigenvalue weighted by Gasteiger charge is 2.15. The quantitative estimate of drug-likeness (QED) is 0.565.